The molecule has 1 rings (SSSR count). The summed E-state index contributed by atoms with van der Waals surface area (Å²) < 4.78 is 12.4. The van der Waals surface area contributed by atoms with Gasteiger partial charge in [0.1, 0.15) is 0 Å². The monoisotopic (exact) mass is 360 g/mol. The zero-order chi connectivity index (χ0) is 15.3. The Morgan fingerprint density at radius 3 is 2.19 bits per heavy atom. The molecule has 0 aliphatic rings. The van der Waals surface area contributed by atoms with Crippen LogP contribution in [0, 0.1) is 0 Å². The zero-order valence-electron chi connectivity index (χ0n) is 13.2. The van der Waals surface area contributed by atoms with E-state index in [9.17, 15) is 0 Å². The van der Waals surface area contributed by atoms with Crippen molar-refractivity contribution in [2.75, 3.05) is 20.8 Å². The van der Waals surface area contributed by atoms with Crippen molar-refractivity contribution in [1.82, 2.24) is 0 Å². The summed E-state index contributed by atoms with van der Waals surface area (Å²) in [5.41, 5.74) is 0. The molecule has 1 unspecified atom stereocenters. The van der Waals surface area contributed by atoms with Gasteiger partial charge in [0.2, 0.25) is 0 Å². The molecule has 0 amide bonds. The van der Waals surface area contributed by atoms with Crippen molar-refractivity contribution in [2.24, 2.45) is 0 Å². The third-order valence-corrected chi connectivity index (χ3v) is 6.18. The van der Waals surface area contributed by atoms with E-state index in [1.165, 1.54) is 23.7 Å². The van der Waals surface area contributed by atoms with Gasteiger partial charge in [0.15, 0.2) is 0 Å². The fourth-order valence-electron chi connectivity index (χ4n) is 2.31. The molecule has 0 fully saturated rings. The molecule has 0 aliphatic heterocycles. The molecule has 0 spiro atoms. The molecule has 0 saturated heterocycles. The fraction of sp³-hybridized carbons (Fsp3) is 0.647. The predicted molar refractivity (Wildman–Crippen MR) is 88.2 cm³/mol. The quantitative estimate of drug-likeness (QED) is 0.354. The molecule has 21 heavy (non-hydrogen) atoms. The average molecular weight is 359 g/mol. The van der Waals surface area contributed by atoms with Crippen LogP contribution in [0.3, 0.4) is 0 Å². The first-order valence-corrected chi connectivity index (χ1v) is 9.54. The van der Waals surface area contributed by atoms with Crippen LogP contribution in [0.2, 0.25) is 4.82 Å². The summed E-state index contributed by atoms with van der Waals surface area (Å²) in [6.45, 7) is 0.315. The van der Waals surface area contributed by atoms with Gasteiger partial charge in [-0.25, -0.2) is 0 Å². The van der Waals surface area contributed by atoms with Crippen molar-refractivity contribution in [1.29, 1.82) is 0 Å². The van der Waals surface area contributed by atoms with Crippen LogP contribution in [0.1, 0.15) is 38.5 Å². The maximum absolute atomic E-state index is 8.78. The van der Waals surface area contributed by atoms with Crippen LogP contribution in [0.25, 0.3) is 0 Å². The van der Waals surface area contributed by atoms with Gasteiger partial charge in [-0.2, -0.15) is 0 Å². The molecule has 0 aromatic heterocycles. The van der Waals surface area contributed by atoms with Crippen LogP contribution in [-0.4, -0.2) is 47.2 Å². The number of ether oxygens (including phenoxy) is 2. The third-order valence-electron chi connectivity index (χ3n) is 3.45. The first-order valence-electron chi connectivity index (χ1n) is 7.70. The zero-order valence-corrected chi connectivity index (χ0v) is 14.9. The maximum atomic E-state index is 8.78. The summed E-state index contributed by atoms with van der Waals surface area (Å²) in [6.07, 6.45) is 6.72. The van der Waals surface area contributed by atoms with E-state index in [0.717, 1.165) is 19.3 Å². The number of benzene rings is 1. The number of aliphatic hydroxyl groups is 1. The molecule has 0 saturated carbocycles. The second-order valence-electron chi connectivity index (χ2n) is 5.09. The number of methoxy groups -OCH3 is 2. The number of aliphatic hydroxyl groups excluding tert-OH is 1. The van der Waals surface area contributed by atoms with Gasteiger partial charge < -0.3 is 0 Å². The molecule has 0 aliphatic carbocycles. The topological polar surface area (TPSA) is 38.7 Å². The molecule has 0 radical (unpaired) electrons. The predicted octanol–water partition coefficient (Wildman–Crippen LogP) is 2.76. The van der Waals surface area contributed by atoms with Gasteiger partial charge in [0.05, 0.1) is 0 Å². The molecule has 1 atom stereocenters. The summed E-state index contributed by atoms with van der Waals surface area (Å²) in [7, 11) is 3.45. The second kappa shape index (κ2) is 12.2. The summed E-state index contributed by atoms with van der Waals surface area (Å²) in [5.74, 6) is 0. The van der Waals surface area contributed by atoms with Crippen LogP contribution in [0.4, 0.5) is 0 Å². The average Bonchev–Trinajstić information content (AvgIpc) is 2.52. The molecule has 1 aromatic carbocycles. The fourth-order valence-corrected chi connectivity index (χ4v) is 5.00. The molecular weight excluding hydrogens is 331 g/mol. The second-order valence-corrected chi connectivity index (χ2v) is 7.84. The molecule has 1 aromatic rings. The number of hydrogen-bond donors (Lipinski definition) is 1. The van der Waals surface area contributed by atoms with Gasteiger partial charge in [-0.1, -0.05) is 0 Å². The van der Waals surface area contributed by atoms with Crippen molar-refractivity contribution in [2.45, 2.75) is 49.6 Å². The summed E-state index contributed by atoms with van der Waals surface area (Å²) in [5, 5.41) is 8.78. The van der Waals surface area contributed by atoms with Crippen molar-refractivity contribution < 1.29 is 14.6 Å². The van der Waals surface area contributed by atoms with Gasteiger partial charge in [-0.15, -0.1) is 0 Å². The van der Waals surface area contributed by atoms with Crippen molar-refractivity contribution in [3.8, 4) is 0 Å². The standard InChI is InChI=1S/C17H28O3Se/c1-19-17(20-2)16(13-9-4-3-5-10-14-18)21-15-11-7-6-8-12-15/h6-8,11-12,16-18H,3-5,9-10,13-14H2,1-2H3. The van der Waals surface area contributed by atoms with E-state index in [0.29, 0.717) is 26.4 Å². The Morgan fingerprint density at radius 2 is 1.57 bits per heavy atom. The minimum atomic E-state index is -0.109. The third kappa shape index (κ3) is 7.98. The van der Waals surface area contributed by atoms with E-state index in [-0.39, 0.29) is 6.29 Å². The van der Waals surface area contributed by atoms with Gasteiger partial charge in [-0.3, -0.25) is 0 Å². The van der Waals surface area contributed by atoms with E-state index >= 15 is 0 Å². The number of hydrogen-bond acceptors (Lipinski definition) is 3. The van der Waals surface area contributed by atoms with Crippen LogP contribution >= 0.6 is 0 Å². The Kier molecular flexibility index (Phi) is 10.8. The molecule has 1 N–H and O–H groups in total. The van der Waals surface area contributed by atoms with Gasteiger partial charge >= 0.3 is 135 Å². The van der Waals surface area contributed by atoms with E-state index in [2.05, 4.69) is 30.3 Å². The Labute approximate surface area is 135 Å². The molecule has 0 heterocycles. The molecule has 4 heteroatoms. The Hall–Kier alpha value is -0.381. The minimum absolute atomic E-state index is 0.109. The van der Waals surface area contributed by atoms with Crippen molar-refractivity contribution in [3.63, 3.8) is 0 Å². The molecule has 3 nitrogen and oxygen atoms in total. The summed E-state index contributed by atoms with van der Waals surface area (Å²) in [4.78, 5) is 0.452. The van der Waals surface area contributed by atoms with Crippen molar-refractivity contribution in [3.05, 3.63) is 30.3 Å². The number of unbranched alkanes of at least 4 members (excludes halogenated alkanes) is 4. The molecule has 0 bridgehead atoms. The van der Waals surface area contributed by atoms with Gasteiger partial charge in [-0.05, 0) is 0 Å². The van der Waals surface area contributed by atoms with Crippen LogP contribution in [-0.2, 0) is 9.47 Å². The van der Waals surface area contributed by atoms with Crippen LogP contribution in [0.5, 0.6) is 0 Å². The van der Waals surface area contributed by atoms with E-state index in [1.807, 2.05) is 0 Å². The van der Waals surface area contributed by atoms with Crippen molar-refractivity contribution >= 4 is 19.4 Å². The Morgan fingerprint density at radius 1 is 0.952 bits per heavy atom. The summed E-state index contributed by atoms with van der Waals surface area (Å²) >= 11 is 0.364. The Balaban J connectivity index is 2.41. The normalized spacial score (nSPS) is 12.8. The van der Waals surface area contributed by atoms with Crippen LogP contribution in [0.15, 0.2) is 30.3 Å². The Bertz CT molecular complexity index is 341. The first-order chi connectivity index (χ1) is 10.3. The van der Waals surface area contributed by atoms with E-state index < -0.39 is 0 Å². The van der Waals surface area contributed by atoms with Gasteiger partial charge in [0, 0.05) is 0 Å². The first kappa shape index (κ1) is 18.7. The SMILES string of the molecule is COC(OC)C(CCCCCCCO)[Se]c1ccccc1. The van der Waals surface area contributed by atoms with Gasteiger partial charge in [0.25, 0.3) is 0 Å². The number of rotatable bonds is 12. The van der Waals surface area contributed by atoms with Crippen LogP contribution < -0.4 is 4.46 Å². The van der Waals surface area contributed by atoms with E-state index in [1.54, 1.807) is 14.2 Å². The molecular formula is C17H28O3Se. The summed E-state index contributed by atoms with van der Waals surface area (Å²) in [6, 6.07) is 10.6. The molecule has 120 valence electrons. The van der Waals surface area contributed by atoms with E-state index in [4.69, 9.17) is 14.6 Å².